The third-order valence-corrected chi connectivity index (χ3v) is 12.5. The van der Waals surface area contributed by atoms with Crippen LogP contribution in [0.5, 0.6) is 0 Å². The van der Waals surface area contributed by atoms with E-state index in [0.29, 0.717) is 12.0 Å². The minimum Gasteiger partial charge on any atom is -0.391 e. The van der Waals surface area contributed by atoms with Gasteiger partial charge in [-0.15, -0.1) is 0 Å². The molecule has 24 heteroatoms. The normalized spacial score (nSPS) is 23.1. The molecule has 9 atom stereocenters. The molecule has 1 heterocycles. The maximum atomic E-state index is 14.4. The van der Waals surface area contributed by atoms with Crippen LogP contribution in [0.4, 0.5) is 0 Å². The first kappa shape index (κ1) is 63.7. The summed E-state index contributed by atoms with van der Waals surface area (Å²) in [6.45, 7) is 6.28. The summed E-state index contributed by atoms with van der Waals surface area (Å²) >= 11 is 6.52. The lowest BCUT2D eigenvalue weighted by Gasteiger charge is -2.28. The molecule has 23 nitrogen and oxygen atoms in total. The van der Waals surface area contributed by atoms with Crippen LogP contribution in [0, 0.1) is 5.92 Å². The number of hydrogen-bond donors (Lipinski definition) is 14. The Labute approximate surface area is 434 Å². The second kappa shape index (κ2) is 34.9. The van der Waals surface area contributed by atoms with Gasteiger partial charge in [0.25, 0.3) is 0 Å². The van der Waals surface area contributed by atoms with Crippen molar-refractivity contribution in [2.24, 2.45) is 28.9 Å². The van der Waals surface area contributed by atoms with Gasteiger partial charge >= 0.3 is 0 Å². The van der Waals surface area contributed by atoms with Crippen LogP contribution in [0.1, 0.15) is 123 Å². The van der Waals surface area contributed by atoms with Crippen molar-refractivity contribution in [3.63, 3.8) is 0 Å². The highest BCUT2D eigenvalue weighted by atomic mass is 35.5. The first-order valence-corrected chi connectivity index (χ1v) is 26.1. The second-order valence-corrected chi connectivity index (χ2v) is 19.3. The van der Waals surface area contributed by atoms with Gasteiger partial charge in [-0.3, -0.25) is 43.2 Å². The van der Waals surface area contributed by atoms with Crippen LogP contribution in [0.2, 0.25) is 5.02 Å². The highest BCUT2D eigenvalue weighted by Crippen LogP contribution is 2.18. The van der Waals surface area contributed by atoms with E-state index in [1.54, 1.807) is 38.1 Å². The molecule has 1 saturated heterocycles. The molecule has 1 aromatic rings. The molecule has 0 aliphatic carbocycles. The van der Waals surface area contributed by atoms with E-state index in [1.807, 2.05) is 0 Å². The molecule has 18 N–H and O–H groups in total. The molecule has 73 heavy (non-hydrogen) atoms. The van der Waals surface area contributed by atoms with Gasteiger partial charge in [0.05, 0.1) is 6.10 Å². The van der Waals surface area contributed by atoms with Crippen LogP contribution in [-0.4, -0.2) is 145 Å². The Morgan fingerprint density at radius 2 is 1.15 bits per heavy atom. The van der Waals surface area contributed by atoms with Gasteiger partial charge < -0.3 is 75.9 Å². The predicted molar refractivity (Wildman–Crippen MR) is 277 cm³/mol. The number of carbonyl (C=O) groups excluding carboxylic acids is 9. The number of aliphatic hydroxyl groups excluding tert-OH is 1. The number of amides is 9. The third kappa shape index (κ3) is 23.5. The fourth-order valence-electron chi connectivity index (χ4n) is 8.06. The predicted octanol–water partition coefficient (Wildman–Crippen LogP) is -1.76. The highest BCUT2D eigenvalue weighted by molar-refractivity contribution is 6.31. The van der Waals surface area contributed by atoms with Gasteiger partial charge in [0.1, 0.15) is 48.3 Å². The van der Waals surface area contributed by atoms with Gasteiger partial charge in [-0.25, -0.2) is 0 Å². The zero-order valence-corrected chi connectivity index (χ0v) is 43.8. The smallest absolute Gasteiger partial charge is 0.245 e. The lowest BCUT2D eigenvalue weighted by molar-refractivity contribution is -0.136. The summed E-state index contributed by atoms with van der Waals surface area (Å²) in [4.78, 5) is 125. The standard InChI is InChI=1S/C49H84ClN13O10/c1-5-6-7-8-9-10-11-16-40(65)56-33(17-22-51)42(66)60-37-21-26-55-49(73)41(30(4)64)63-46(70)36(20-25-54)58-43(67)34(18-23-52)59-47(71)38(27-29(2)3)61-48(72)39(28-31-14-12-13-15-32(31)50)62-44(68)35(19-24-53)57-45(37)69/h12-15,29-30,33-39,41,64H,5-11,16-28,51-54H2,1-4H3,(H,55,73)(H,56,65)(H,57,69)(H,58,67)(H,59,71)(H,60,66)(H,61,72)(H,62,68)(H,63,70)/t30-,33-,34+,35+,36+,37+,38+,39-,41+/m1/s1. The number of rotatable bonds is 24. The van der Waals surface area contributed by atoms with Crippen LogP contribution in [-0.2, 0) is 49.6 Å². The third-order valence-electron chi connectivity index (χ3n) is 12.2. The van der Waals surface area contributed by atoms with Crippen LogP contribution in [0.25, 0.3) is 0 Å². The van der Waals surface area contributed by atoms with Crippen LogP contribution < -0.4 is 70.8 Å². The fourth-order valence-corrected chi connectivity index (χ4v) is 8.27. The summed E-state index contributed by atoms with van der Waals surface area (Å²) in [5.41, 5.74) is 23.9. The van der Waals surface area contributed by atoms with Crippen molar-refractivity contribution in [3.05, 3.63) is 34.9 Å². The molecule has 0 aromatic heterocycles. The van der Waals surface area contributed by atoms with E-state index in [4.69, 9.17) is 34.5 Å². The van der Waals surface area contributed by atoms with Gasteiger partial charge in [0.15, 0.2) is 0 Å². The Morgan fingerprint density at radius 3 is 1.68 bits per heavy atom. The number of halogens is 1. The molecule has 0 saturated carbocycles. The number of aliphatic hydroxyl groups is 1. The number of carbonyl (C=O) groups is 9. The molecule has 412 valence electrons. The van der Waals surface area contributed by atoms with E-state index in [-0.39, 0.29) is 95.0 Å². The van der Waals surface area contributed by atoms with E-state index < -0.39 is 108 Å². The van der Waals surface area contributed by atoms with Crippen molar-refractivity contribution in [1.29, 1.82) is 0 Å². The number of unbranched alkanes of at least 4 members (excludes halogenated alkanes) is 6. The molecular formula is C49H84ClN13O10. The summed E-state index contributed by atoms with van der Waals surface area (Å²) in [5.74, 6) is -7.40. The Hall–Kier alpha value is -5.46. The van der Waals surface area contributed by atoms with Crippen LogP contribution >= 0.6 is 11.6 Å². The first-order valence-electron chi connectivity index (χ1n) is 25.7. The van der Waals surface area contributed by atoms with Gasteiger partial charge in [-0.2, -0.15) is 0 Å². The number of nitrogens with two attached hydrogens (primary N) is 4. The summed E-state index contributed by atoms with van der Waals surface area (Å²) < 4.78 is 0. The van der Waals surface area contributed by atoms with E-state index in [0.717, 1.165) is 38.5 Å². The lowest BCUT2D eigenvalue weighted by atomic mass is 10.00. The maximum Gasteiger partial charge on any atom is 0.245 e. The van der Waals surface area contributed by atoms with Crippen LogP contribution in [0.3, 0.4) is 0 Å². The molecule has 2 rings (SSSR count). The van der Waals surface area contributed by atoms with Gasteiger partial charge in [0, 0.05) is 24.4 Å². The van der Waals surface area contributed by atoms with Gasteiger partial charge in [0.2, 0.25) is 53.2 Å². The zero-order chi connectivity index (χ0) is 54.5. The Balaban J connectivity index is 2.68. The van der Waals surface area contributed by atoms with E-state index in [1.165, 1.54) is 6.92 Å². The Bertz CT molecular complexity index is 1950. The summed E-state index contributed by atoms with van der Waals surface area (Å²) in [5, 5.41) is 34.5. The molecule has 0 spiro atoms. The second-order valence-electron chi connectivity index (χ2n) is 18.9. The zero-order valence-electron chi connectivity index (χ0n) is 43.0. The van der Waals surface area contributed by atoms with E-state index >= 15 is 0 Å². The minimum atomic E-state index is -1.61. The lowest BCUT2D eigenvalue weighted by Crippen LogP contribution is -2.61. The number of hydrogen-bond acceptors (Lipinski definition) is 14. The molecule has 1 fully saturated rings. The molecular weight excluding hydrogens is 966 g/mol. The van der Waals surface area contributed by atoms with Crippen LogP contribution in [0.15, 0.2) is 24.3 Å². The van der Waals surface area contributed by atoms with Crippen molar-refractivity contribution >= 4 is 64.8 Å². The molecule has 9 amide bonds. The maximum absolute atomic E-state index is 14.4. The monoisotopic (exact) mass is 1050 g/mol. The quantitative estimate of drug-likeness (QED) is 0.0511. The van der Waals surface area contributed by atoms with Crippen molar-refractivity contribution in [2.45, 2.75) is 178 Å². The van der Waals surface area contributed by atoms with Crippen molar-refractivity contribution in [2.75, 3.05) is 32.7 Å². The molecule has 0 radical (unpaired) electrons. The molecule has 0 unspecified atom stereocenters. The minimum absolute atomic E-state index is 0.00147. The first-order chi connectivity index (χ1) is 34.8. The Morgan fingerprint density at radius 1 is 0.658 bits per heavy atom. The van der Waals surface area contributed by atoms with E-state index in [9.17, 15) is 48.3 Å². The largest absolute Gasteiger partial charge is 0.391 e. The summed E-state index contributed by atoms with van der Waals surface area (Å²) in [7, 11) is 0. The van der Waals surface area contributed by atoms with Gasteiger partial charge in [-0.1, -0.05) is 89.1 Å². The fraction of sp³-hybridized carbons (Fsp3) is 0.694. The van der Waals surface area contributed by atoms with Crippen molar-refractivity contribution in [3.8, 4) is 0 Å². The van der Waals surface area contributed by atoms with Gasteiger partial charge in [-0.05, 0) is 95.6 Å². The number of nitrogens with one attached hydrogen (secondary N) is 9. The average molecular weight is 1050 g/mol. The van der Waals surface area contributed by atoms with Crippen molar-refractivity contribution in [1.82, 2.24) is 47.9 Å². The number of benzene rings is 1. The average Bonchev–Trinajstić information content (AvgIpc) is 3.33. The van der Waals surface area contributed by atoms with Crippen molar-refractivity contribution < 1.29 is 48.3 Å². The van der Waals surface area contributed by atoms with E-state index in [2.05, 4.69) is 54.8 Å². The molecule has 1 aliphatic rings. The molecule has 0 bridgehead atoms. The highest BCUT2D eigenvalue weighted by Gasteiger charge is 2.36. The molecule has 1 aliphatic heterocycles. The SMILES string of the molecule is CCCCCCCCCC(=O)N[C@H](CCN)C(=O)N[C@H]1CCNC(=O)[C@H]([C@@H](C)O)NC(=O)[C@H](CCN)NC(=O)[C@H](CCN)NC(=O)[C@H](CC(C)C)NC(=O)[C@@H](Cc2ccccc2Cl)NC(=O)[C@H](CCN)NC1=O. The summed E-state index contributed by atoms with van der Waals surface area (Å²) in [6, 6.07) is -4.49. The molecule has 1 aromatic carbocycles. The Kier molecular flexibility index (Phi) is 30.4. The summed E-state index contributed by atoms with van der Waals surface area (Å²) in [6.07, 6.45) is 4.65. The topological polar surface area (TPSA) is 386 Å².